The fourth-order valence-corrected chi connectivity index (χ4v) is 1.55. The molecular weight excluding hydrogens is 210 g/mol. The first kappa shape index (κ1) is 13.7. The molecule has 1 N–H and O–H groups in total. The fourth-order valence-electron chi connectivity index (χ4n) is 1.55. The zero-order valence-electron chi connectivity index (χ0n) is 11.3. The maximum atomic E-state index is 4.44. The van der Waals surface area contributed by atoms with Crippen molar-refractivity contribution in [2.24, 2.45) is 0 Å². The van der Waals surface area contributed by atoms with Gasteiger partial charge in [-0.3, -0.25) is 0 Å². The first-order chi connectivity index (χ1) is 7.94. The highest BCUT2D eigenvalue weighted by Crippen LogP contribution is 2.16. The normalized spacial score (nSPS) is 11.3. The van der Waals surface area contributed by atoms with Crippen LogP contribution in [0.3, 0.4) is 0 Å². The SMILES string of the molecule is C=CCN(C)c1ncccc1CNC(C)(C)C. The molecule has 0 aliphatic rings. The van der Waals surface area contributed by atoms with Crippen LogP contribution in [0.15, 0.2) is 31.0 Å². The molecule has 94 valence electrons. The molecule has 1 aromatic rings. The van der Waals surface area contributed by atoms with Crippen molar-refractivity contribution in [3.05, 3.63) is 36.5 Å². The van der Waals surface area contributed by atoms with Crippen LogP contribution < -0.4 is 10.2 Å². The van der Waals surface area contributed by atoms with Crippen LogP contribution in [-0.2, 0) is 6.54 Å². The van der Waals surface area contributed by atoms with E-state index in [0.29, 0.717) is 0 Å². The van der Waals surface area contributed by atoms with E-state index in [2.05, 4.69) is 48.6 Å². The third kappa shape index (κ3) is 4.57. The van der Waals surface area contributed by atoms with Gasteiger partial charge in [0.15, 0.2) is 0 Å². The summed E-state index contributed by atoms with van der Waals surface area (Å²) in [5, 5.41) is 3.48. The Labute approximate surface area is 105 Å². The van der Waals surface area contributed by atoms with Gasteiger partial charge in [-0.25, -0.2) is 4.98 Å². The number of rotatable bonds is 5. The minimum Gasteiger partial charge on any atom is -0.356 e. The lowest BCUT2D eigenvalue weighted by Crippen LogP contribution is -2.35. The quantitative estimate of drug-likeness (QED) is 0.792. The van der Waals surface area contributed by atoms with Crippen molar-refractivity contribution in [1.82, 2.24) is 10.3 Å². The summed E-state index contributed by atoms with van der Waals surface area (Å²) in [5.74, 6) is 1.02. The molecule has 3 nitrogen and oxygen atoms in total. The molecule has 0 saturated carbocycles. The van der Waals surface area contributed by atoms with Crippen molar-refractivity contribution in [1.29, 1.82) is 0 Å². The molecule has 1 rings (SSSR count). The molecule has 0 amide bonds. The number of pyridine rings is 1. The molecular formula is C14H23N3. The van der Waals surface area contributed by atoms with Crippen LogP contribution in [0.1, 0.15) is 26.3 Å². The topological polar surface area (TPSA) is 28.2 Å². The average Bonchev–Trinajstić information content (AvgIpc) is 2.26. The molecule has 0 fully saturated rings. The van der Waals surface area contributed by atoms with Crippen molar-refractivity contribution < 1.29 is 0 Å². The zero-order valence-corrected chi connectivity index (χ0v) is 11.3. The highest BCUT2D eigenvalue weighted by molar-refractivity contribution is 5.46. The second-order valence-electron chi connectivity index (χ2n) is 5.26. The maximum Gasteiger partial charge on any atom is 0.133 e. The molecule has 0 aliphatic carbocycles. The standard InChI is InChI=1S/C14H23N3/c1-6-10-17(5)13-12(8-7-9-15-13)11-16-14(2,3)4/h6-9,16H,1,10-11H2,2-5H3. The third-order valence-electron chi connectivity index (χ3n) is 2.44. The Morgan fingerprint density at radius 2 is 2.18 bits per heavy atom. The Morgan fingerprint density at radius 1 is 1.47 bits per heavy atom. The number of hydrogen-bond donors (Lipinski definition) is 1. The maximum absolute atomic E-state index is 4.44. The van der Waals surface area contributed by atoms with Gasteiger partial charge in [0.2, 0.25) is 0 Å². The molecule has 0 bridgehead atoms. The predicted octanol–water partition coefficient (Wildman–Crippen LogP) is 2.59. The van der Waals surface area contributed by atoms with E-state index in [1.807, 2.05) is 25.4 Å². The number of nitrogens with zero attached hydrogens (tertiary/aromatic N) is 2. The zero-order chi connectivity index (χ0) is 12.9. The highest BCUT2D eigenvalue weighted by atomic mass is 15.2. The molecule has 3 heteroatoms. The summed E-state index contributed by atoms with van der Waals surface area (Å²) >= 11 is 0. The van der Waals surface area contributed by atoms with Crippen molar-refractivity contribution in [2.75, 3.05) is 18.5 Å². The van der Waals surface area contributed by atoms with Gasteiger partial charge < -0.3 is 10.2 Å². The van der Waals surface area contributed by atoms with Crippen molar-refractivity contribution in [3.8, 4) is 0 Å². The first-order valence-corrected chi connectivity index (χ1v) is 5.95. The van der Waals surface area contributed by atoms with E-state index in [1.165, 1.54) is 5.56 Å². The highest BCUT2D eigenvalue weighted by Gasteiger charge is 2.12. The Balaban J connectivity index is 2.80. The van der Waals surface area contributed by atoms with Gasteiger partial charge in [0.05, 0.1) is 0 Å². The molecule has 1 aromatic heterocycles. The molecule has 1 heterocycles. The van der Waals surface area contributed by atoms with E-state index >= 15 is 0 Å². The van der Waals surface area contributed by atoms with Crippen molar-refractivity contribution in [3.63, 3.8) is 0 Å². The van der Waals surface area contributed by atoms with Gasteiger partial charge in [-0.05, 0) is 26.8 Å². The fraction of sp³-hybridized carbons (Fsp3) is 0.500. The summed E-state index contributed by atoms with van der Waals surface area (Å²) in [5.41, 5.74) is 1.33. The van der Waals surface area contributed by atoms with Crippen LogP contribution >= 0.6 is 0 Å². The van der Waals surface area contributed by atoms with E-state index in [-0.39, 0.29) is 5.54 Å². The number of anilines is 1. The number of aromatic nitrogens is 1. The van der Waals surface area contributed by atoms with Crippen LogP contribution in [0.4, 0.5) is 5.82 Å². The molecule has 0 saturated heterocycles. The lowest BCUT2D eigenvalue weighted by atomic mass is 10.1. The third-order valence-corrected chi connectivity index (χ3v) is 2.44. The van der Waals surface area contributed by atoms with E-state index in [1.54, 1.807) is 0 Å². The number of likely N-dealkylation sites (N-methyl/N-ethyl adjacent to an activating group) is 1. The second-order valence-corrected chi connectivity index (χ2v) is 5.26. The largest absolute Gasteiger partial charge is 0.356 e. The van der Waals surface area contributed by atoms with E-state index < -0.39 is 0 Å². The molecule has 0 aliphatic heterocycles. The van der Waals surface area contributed by atoms with Crippen molar-refractivity contribution >= 4 is 5.82 Å². The van der Waals surface area contributed by atoms with Crippen LogP contribution in [0.5, 0.6) is 0 Å². The summed E-state index contributed by atoms with van der Waals surface area (Å²) in [6.45, 7) is 11.9. The summed E-state index contributed by atoms with van der Waals surface area (Å²) in [4.78, 5) is 6.54. The first-order valence-electron chi connectivity index (χ1n) is 5.95. The Morgan fingerprint density at radius 3 is 2.76 bits per heavy atom. The number of hydrogen-bond acceptors (Lipinski definition) is 3. The molecule has 0 spiro atoms. The summed E-state index contributed by atoms with van der Waals surface area (Å²) in [6, 6.07) is 4.09. The molecule has 0 unspecified atom stereocenters. The van der Waals surface area contributed by atoms with Gasteiger partial charge in [0.25, 0.3) is 0 Å². The van der Waals surface area contributed by atoms with Crippen LogP contribution in [-0.4, -0.2) is 24.1 Å². The lowest BCUT2D eigenvalue weighted by Gasteiger charge is -2.24. The van der Waals surface area contributed by atoms with Gasteiger partial charge in [-0.15, -0.1) is 6.58 Å². The summed E-state index contributed by atoms with van der Waals surface area (Å²) in [7, 11) is 2.03. The molecule has 17 heavy (non-hydrogen) atoms. The van der Waals surface area contributed by atoms with Crippen LogP contribution in [0.2, 0.25) is 0 Å². The molecule has 0 aromatic carbocycles. The average molecular weight is 233 g/mol. The van der Waals surface area contributed by atoms with Gasteiger partial charge in [0.1, 0.15) is 5.82 Å². The van der Waals surface area contributed by atoms with Gasteiger partial charge in [0, 0.05) is 37.4 Å². The Hall–Kier alpha value is -1.35. The Kier molecular flexibility index (Phi) is 4.70. The minimum atomic E-state index is 0.115. The minimum absolute atomic E-state index is 0.115. The van der Waals surface area contributed by atoms with Crippen molar-refractivity contribution in [2.45, 2.75) is 32.9 Å². The predicted molar refractivity (Wildman–Crippen MR) is 74.3 cm³/mol. The van der Waals surface area contributed by atoms with E-state index in [0.717, 1.165) is 18.9 Å². The van der Waals surface area contributed by atoms with Crippen LogP contribution in [0.25, 0.3) is 0 Å². The van der Waals surface area contributed by atoms with E-state index in [4.69, 9.17) is 0 Å². The Bertz CT molecular complexity index is 366. The smallest absolute Gasteiger partial charge is 0.133 e. The van der Waals surface area contributed by atoms with E-state index in [9.17, 15) is 0 Å². The van der Waals surface area contributed by atoms with Gasteiger partial charge >= 0.3 is 0 Å². The molecule has 0 atom stereocenters. The van der Waals surface area contributed by atoms with Crippen LogP contribution in [0, 0.1) is 0 Å². The number of nitrogens with one attached hydrogen (secondary N) is 1. The lowest BCUT2D eigenvalue weighted by molar-refractivity contribution is 0.424. The van der Waals surface area contributed by atoms with Gasteiger partial charge in [-0.1, -0.05) is 12.1 Å². The summed E-state index contributed by atoms with van der Waals surface area (Å²) in [6.07, 6.45) is 3.71. The van der Waals surface area contributed by atoms with Gasteiger partial charge in [-0.2, -0.15) is 0 Å². The second kappa shape index (κ2) is 5.82. The molecule has 0 radical (unpaired) electrons. The monoisotopic (exact) mass is 233 g/mol. The summed E-state index contributed by atoms with van der Waals surface area (Å²) < 4.78 is 0.